The van der Waals surface area contributed by atoms with E-state index in [1.807, 2.05) is 54.3 Å². The van der Waals surface area contributed by atoms with Gasteiger partial charge in [0.05, 0.1) is 17.0 Å². The average molecular weight is 390 g/mol. The summed E-state index contributed by atoms with van der Waals surface area (Å²) in [7, 11) is 1.77. The van der Waals surface area contributed by atoms with Gasteiger partial charge in [-0.05, 0) is 37.5 Å². The van der Waals surface area contributed by atoms with Crippen LogP contribution in [0.1, 0.15) is 24.0 Å². The smallest absolute Gasteiger partial charge is 0.293 e. The molecule has 1 aliphatic heterocycles. The van der Waals surface area contributed by atoms with Gasteiger partial charge in [-0.25, -0.2) is 4.98 Å². The lowest BCUT2D eigenvalue weighted by Crippen LogP contribution is -2.45. The molecule has 1 saturated heterocycles. The molecule has 0 spiro atoms. The third-order valence-electron chi connectivity index (χ3n) is 5.61. The van der Waals surface area contributed by atoms with Gasteiger partial charge in [-0.1, -0.05) is 42.0 Å². The summed E-state index contributed by atoms with van der Waals surface area (Å²) in [6, 6.07) is 15.8. The van der Waals surface area contributed by atoms with Gasteiger partial charge in [0.1, 0.15) is 0 Å². The third-order valence-corrected chi connectivity index (χ3v) is 5.61. The lowest BCUT2D eigenvalue weighted by molar-refractivity contribution is -0.125. The highest BCUT2D eigenvalue weighted by Gasteiger charge is 2.28. The van der Waals surface area contributed by atoms with Crippen LogP contribution in [-0.2, 0) is 18.4 Å². The van der Waals surface area contributed by atoms with E-state index in [1.165, 1.54) is 5.56 Å². The second-order valence-electron chi connectivity index (χ2n) is 7.78. The van der Waals surface area contributed by atoms with Gasteiger partial charge in [0.2, 0.25) is 5.91 Å². The van der Waals surface area contributed by atoms with Crippen LogP contribution in [0.15, 0.2) is 53.3 Å². The van der Waals surface area contributed by atoms with Gasteiger partial charge in [0.25, 0.3) is 5.56 Å². The summed E-state index contributed by atoms with van der Waals surface area (Å²) in [6.07, 6.45) is 1.68. The van der Waals surface area contributed by atoms with Gasteiger partial charge in [0.15, 0.2) is 5.82 Å². The molecule has 29 heavy (non-hydrogen) atoms. The number of carbonyl (C=O) groups is 1. The molecule has 1 N–H and O–H groups in total. The fourth-order valence-electron chi connectivity index (χ4n) is 4.01. The Hall–Kier alpha value is -3.15. The summed E-state index contributed by atoms with van der Waals surface area (Å²) in [6.45, 7) is 3.82. The van der Waals surface area contributed by atoms with Crippen molar-refractivity contribution in [2.75, 3.05) is 18.0 Å². The van der Waals surface area contributed by atoms with Gasteiger partial charge in [-0.3, -0.25) is 9.59 Å². The number of benzene rings is 2. The zero-order chi connectivity index (χ0) is 20.4. The van der Waals surface area contributed by atoms with Crippen molar-refractivity contribution in [3.63, 3.8) is 0 Å². The van der Waals surface area contributed by atoms with Crippen LogP contribution in [0.4, 0.5) is 5.82 Å². The van der Waals surface area contributed by atoms with Crippen LogP contribution in [-0.4, -0.2) is 28.5 Å². The zero-order valence-corrected chi connectivity index (χ0v) is 16.9. The van der Waals surface area contributed by atoms with E-state index in [-0.39, 0.29) is 17.4 Å². The largest absolute Gasteiger partial charge is 0.352 e. The highest BCUT2D eigenvalue weighted by molar-refractivity contribution is 5.80. The summed E-state index contributed by atoms with van der Waals surface area (Å²) in [5.41, 5.74) is 3.75. The Kier molecular flexibility index (Phi) is 5.34. The number of anilines is 1. The molecule has 4 rings (SSSR count). The Balaban J connectivity index is 1.50. The number of rotatable bonds is 4. The first-order valence-corrected chi connectivity index (χ1v) is 10.1. The number of piperidine rings is 1. The molecular weight excluding hydrogens is 364 g/mol. The van der Waals surface area contributed by atoms with Crippen molar-refractivity contribution in [2.45, 2.75) is 26.3 Å². The lowest BCUT2D eigenvalue weighted by atomic mass is 9.97. The second-order valence-corrected chi connectivity index (χ2v) is 7.78. The van der Waals surface area contributed by atoms with Crippen molar-refractivity contribution in [3.05, 3.63) is 70.0 Å². The maximum atomic E-state index is 12.9. The Morgan fingerprint density at radius 2 is 2.03 bits per heavy atom. The van der Waals surface area contributed by atoms with E-state index in [0.29, 0.717) is 18.9 Å². The van der Waals surface area contributed by atoms with E-state index in [0.717, 1.165) is 36.0 Å². The molecule has 3 aromatic rings. The minimum atomic E-state index is -0.147. The van der Waals surface area contributed by atoms with Crippen LogP contribution in [0, 0.1) is 12.8 Å². The molecule has 1 aliphatic rings. The molecule has 2 aromatic carbocycles. The fraction of sp³-hybridized carbons (Fsp3) is 0.348. The number of fused-ring (bicyclic) bond motifs is 1. The monoisotopic (exact) mass is 390 g/mol. The first-order valence-electron chi connectivity index (χ1n) is 10.1. The molecule has 0 radical (unpaired) electrons. The number of nitrogens with zero attached hydrogens (tertiary/aromatic N) is 3. The number of aryl methyl sites for hydroxylation is 2. The Bertz CT molecular complexity index is 1110. The van der Waals surface area contributed by atoms with Crippen molar-refractivity contribution < 1.29 is 4.79 Å². The number of nitrogens with one attached hydrogen (secondary N) is 1. The number of aromatic nitrogens is 2. The maximum Gasteiger partial charge on any atom is 0.293 e. The minimum Gasteiger partial charge on any atom is -0.352 e. The molecule has 0 unspecified atom stereocenters. The quantitative estimate of drug-likeness (QED) is 0.744. The van der Waals surface area contributed by atoms with Crippen LogP contribution in [0.2, 0.25) is 0 Å². The van der Waals surface area contributed by atoms with Crippen molar-refractivity contribution >= 4 is 22.8 Å². The zero-order valence-electron chi connectivity index (χ0n) is 16.9. The highest BCUT2D eigenvalue weighted by Crippen LogP contribution is 2.21. The molecule has 6 nitrogen and oxygen atoms in total. The Labute approximate surface area is 170 Å². The Morgan fingerprint density at radius 1 is 1.21 bits per heavy atom. The molecule has 0 bridgehead atoms. The maximum absolute atomic E-state index is 12.9. The van der Waals surface area contributed by atoms with E-state index in [4.69, 9.17) is 0 Å². The molecule has 6 heteroatoms. The average Bonchev–Trinajstić information content (AvgIpc) is 2.75. The molecule has 0 saturated carbocycles. The molecule has 0 aliphatic carbocycles. The highest BCUT2D eigenvalue weighted by atomic mass is 16.2. The second kappa shape index (κ2) is 8.07. The number of carbonyl (C=O) groups excluding carboxylic acids is 1. The normalized spacial score (nSPS) is 16.8. The summed E-state index contributed by atoms with van der Waals surface area (Å²) in [5, 5.41) is 3.05. The van der Waals surface area contributed by atoms with E-state index in [2.05, 4.69) is 16.4 Å². The van der Waals surface area contributed by atoms with Gasteiger partial charge in [-0.2, -0.15) is 0 Å². The SMILES string of the molecule is Cc1cccc(CNC(=O)[C@H]2CCCN(c3nc4ccccc4n(C)c3=O)C2)c1. The molecular formula is C23H26N4O2. The topological polar surface area (TPSA) is 67.2 Å². The van der Waals surface area contributed by atoms with Crippen molar-refractivity contribution in [2.24, 2.45) is 13.0 Å². The molecule has 2 heterocycles. The molecule has 150 valence electrons. The fourth-order valence-corrected chi connectivity index (χ4v) is 4.01. The molecule has 1 aromatic heterocycles. The van der Waals surface area contributed by atoms with Crippen LogP contribution >= 0.6 is 0 Å². The minimum absolute atomic E-state index is 0.0359. The first-order chi connectivity index (χ1) is 14.0. The van der Waals surface area contributed by atoms with Gasteiger partial charge < -0.3 is 14.8 Å². The van der Waals surface area contributed by atoms with Gasteiger partial charge >= 0.3 is 0 Å². The predicted molar refractivity (Wildman–Crippen MR) is 115 cm³/mol. The number of hydrogen-bond donors (Lipinski definition) is 1. The van der Waals surface area contributed by atoms with E-state index < -0.39 is 0 Å². The van der Waals surface area contributed by atoms with Gasteiger partial charge in [-0.15, -0.1) is 0 Å². The molecule has 1 atom stereocenters. The van der Waals surface area contributed by atoms with Crippen LogP contribution < -0.4 is 15.8 Å². The summed E-state index contributed by atoms with van der Waals surface area (Å²) >= 11 is 0. The van der Waals surface area contributed by atoms with Crippen molar-refractivity contribution in [1.82, 2.24) is 14.9 Å². The number of para-hydroxylation sites is 2. The van der Waals surface area contributed by atoms with Crippen molar-refractivity contribution in [3.8, 4) is 0 Å². The Morgan fingerprint density at radius 3 is 2.86 bits per heavy atom. The van der Waals surface area contributed by atoms with Crippen LogP contribution in [0.3, 0.4) is 0 Å². The summed E-state index contributed by atoms with van der Waals surface area (Å²) < 4.78 is 1.64. The van der Waals surface area contributed by atoms with Crippen LogP contribution in [0.5, 0.6) is 0 Å². The predicted octanol–water partition coefficient (Wildman–Crippen LogP) is 2.77. The van der Waals surface area contributed by atoms with E-state index in [9.17, 15) is 9.59 Å². The number of amides is 1. The summed E-state index contributed by atoms with van der Waals surface area (Å²) in [4.78, 5) is 32.2. The molecule has 1 amide bonds. The number of hydrogen-bond acceptors (Lipinski definition) is 4. The lowest BCUT2D eigenvalue weighted by Gasteiger charge is -2.32. The van der Waals surface area contributed by atoms with E-state index >= 15 is 0 Å². The third kappa shape index (κ3) is 4.01. The van der Waals surface area contributed by atoms with Crippen LogP contribution in [0.25, 0.3) is 11.0 Å². The summed E-state index contributed by atoms with van der Waals surface area (Å²) in [5.74, 6) is 0.322. The van der Waals surface area contributed by atoms with Crippen molar-refractivity contribution in [1.29, 1.82) is 0 Å². The molecule has 1 fully saturated rings. The van der Waals surface area contributed by atoms with Gasteiger partial charge in [0, 0.05) is 26.7 Å². The van der Waals surface area contributed by atoms with E-state index in [1.54, 1.807) is 11.6 Å². The first kappa shape index (κ1) is 19.2. The standard InChI is InChI=1S/C23H26N4O2/c1-16-7-5-8-17(13-16)14-24-22(28)18-9-6-12-27(15-18)21-23(29)26(2)20-11-4-3-10-19(20)25-21/h3-5,7-8,10-11,13,18H,6,9,12,14-15H2,1-2H3,(H,24,28)/t18-/m0/s1.